The molecule has 0 radical (unpaired) electrons. The molecule has 0 aromatic carbocycles. The first kappa shape index (κ1) is 17.0. The van der Waals surface area contributed by atoms with E-state index in [1.165, 1.54) is 17.9 Å². The number of amides is 1. The summed E-state index contributed by atoms with van der Waals surface area (Å²) >= 11 is 0. The highest BCUT2D eigenvalue weighted by Crippen LogP contribution is 2.07. The Balaban J connectivity index is 2.24. The molecule has 0 bridgehead atoms. The van der Waals surface area contributed by atoms with Gasteiger partial charge in [-0.15, -0.1) is 0 Å². The minimum atomic E-state index is -0.420. The van der Waals surface area contributed by atoms with E-state index in [0.717, 1.165) is 4.57 Å². The largest absolute Gasteiger partial charge is 0.353 e. The van der Waals surface area contributed by atoms with Crippen LogP contribution in [0, 0.1) is 5.92 Å². The van der Waals surface area contributed by atoms with E-state index < -0.39 is 11.2 Å². The molecule has 0 spiro atoms. The van der Waals surface area contributed by atoms with Gasteiger partial charge in [0.2, 0.25) is 5.91 Å². The second-order valence-corrected chi connectivity index (χ2v) is 6.17. The Morgan fingerprint density at radius 2 is 1.87 bits per heavy atom. The van der Waals surface area contributed by atoms with E-state index in [4.69, 9.17) is 0 Å². The van der Waals surface area contributed by atoms with Crippen molar-refractivity contribution in [1.29, 1.82) is 0 Å². The minimum Gasteiger partial charge on any atom is -0.353 e. The summed E-state index contributed by atoms with van der Waals surface area (Å²) in [5, 5.41) is 2.93. The molecule has 23 heavy (non-hydrogen) atoms. The lowest BCUT2D eigenvalue weighted by Crippen LogP contribution is -2.38. The summed E-state index contributed by atoms with van der Waals surface area (Å²) in [5.41, 5.74) is -0.166. The van der Waals surface area contributed by atoms with Crippen LogP contribution in [0.1, 0.15) is 27.2 Å². The van der Waals surface area contributed by atoms with Crippen LogP contribution in [0.2, 0.25) is 0 Å². The van der Waals surface area contributed by atoms with Crippen molar-refractivity contribution < 1.29 is 4.79 Å². The third kappa shape index (κ3) is 3.20. The molecular formula is C15H23N5O3. The molecule has 0 aliphatic rings. The lowest BCUT2D eigenvalue weighted by molar-refractivity contribution is -0.122. The van der Waals surface area contributed by atoms with Crippen LogP contribution in [0.4, 0.5) is 0 Å². The van der Waals surface area contributed by atoms with E-state index in [2.05, 4.69) is 10.3 Å². The van der Waals surface area contributed by atoms with Gasteiger partial charge in [-0.3, -0.25) is 18.7 Å². The number of aromatic nitrogens is 4. The van der Waals surface area contributed by atoms with E-state index >= 15 is 0 Å². The Kier molecular flexibility index (Phi) is 4.72. The van der Waals surface area contributed by atoms with Crippen molar-refractivity contribution in [3.05, 3.63) is 27.2 Å². The minimum absolute atomic E-state index is 0.0744. The van der Waals surface area contributed by atoms with Gasteiger partial charge in [0.1, 0.15) is 0 Å². The number of imidazole rings is 1. The predicted molar refractivity (Wildman–Crippen MR) is 87.3 cm³/mol. The fourth-order valence-corrected chi connectivity index (χ4v) is 2.28. The van der Waals surface area contributed by atoms with E-state index in [9.17, 15) is 14.4 Å². The highest BCUT2D eigenvalue weighted by Gasteiger charge is 2.15. The quantitative estimate of drug-likeness (QED) is 0.838. The topological polar surface area (TPSA) is 90.9 Å². The molecular weight excluding hydrogens is 298 g/mol. The molecule has 126 valence electrons. The molecule has 2 heterocycles. The Morgan fingerprint density at radius 3 is 2.48 bits per heavy atom. The fourth-order valence-electron chi connectivity index (χ4n) is 2.28. The van der Waals surface area contributed by atoms with Crippen LogP contribution in [0.3, 0.4) is 0 Å². The first-order valence-electron chi connectivity index (χ1n) is 7.64. The fraction of sp³-hybridized carbons (Fsp3) is 0.600. The first-order chi connectivity index (χ1) is 10.7. The van der Waals surface area contributed by atoms with Gasteiger partial charge in [-0.2, -0.15) is 0 Å². The summed E-state index contributed by atoms with van der Waals surface area (Å²) < 4.78 is 3.99. The van der Waals surface area contributed by atoms with Crippen molar-refractivity contribution in [2.45, 2.75) is 39.8 Å². The van der Waals surface area contributed by atoms with Crippen LogP contribution in [0.25, 0.3) is 11.2 Å². The lowest BCUT2D eigenvalue weighted by Gasteiger charge is -2.17. The Hall–Kier alpha value is -2.38. The second kappa shape index (κ2) is 6.39. The number of hydrogen-bond acceptors (Lipinski definition) is 4. The Morgan fingerprint density at radius 1 is 1.22 bits per heavy atom. The normalized spacial score (nSPS) is 12.8. The van der Waals surface area contributed by atoms with Gasteiger partial charge in [-0.05, 0) is 12.8 Å². The van der Waals surface area contributed by atoms with Gasteiger partial charge in [0, 0.05) is 33.1 Å². The number of rotatable bonds is 5. The molecule has 1 atom stereocenters. The smallest absolute Gasteiger partial charge is 0.332 e. The van der Waals surface area contributed by atoms with Crippen LogP contribution < -0.4 is 16.6 Å². The van der Waals surface area contributed by atoms with Crippen LogP contribution in [-0.2, 0) is 25.4 Å². The van der Waals surface area contributed by atoms with E-state index in [-0.39, 0.29) is 18.4 Å². The molecule has 1 amide bonds. The van der Waals surface area contributed by atoms with Crippen molar-refractivity contribution in [3.8, 4) is 0 Å². The van der Waals surface area contributed by atoms with Crippen molar-refractivity contribution in [1.82, 2.24) is 24.0 Å². The maximum absolute atomic E-state index is 12.3. The van der Waals surface area contributed by atoms with Gasteiger partial charge >= 0.3 is 5.69 Å². The number of nitrogens with zero attached hydrogens (tertiary/aromatic N) is 4. The Bertz CT molecular complexity index is 843. The molecule has 0 fully saturated rings. The predicted octanol–water partition coefficient (Wildman–Crippen LogP) is -0.0155. The van der Waals surface area contributed by atoms with Gasteiger partial charge in [0.15, 0.2) is 11.2 Å². The molecule has 2 rings (SSSR count). The summed E-state index contributed by atoms with van der Waals surface area (Å²) in [4.78, 5) is 40.3. The molecule has 0 aliphatic carbocycles. The van der Waals surface area contributed by atoms with Crippen LogP contribution >= 0.6 is 0 Å². The van der Waals surface area contributed by atoms with Gasteiger partial charge < -0.3 is 9.88 Å². The van der Waals surface area contributed by atoms with Gasteiger partial charge in [0.25, 0.3) is 5.56 Å². The highest BCUT2D eigenvalue weighted by molar-refractivity contribution is 5.76. The number of fused-ring (bicyclic) bond motifs is 1. The zero-order valence-corrected chi connectivity index (χ0v) is 14.2. The second-order valence-electron chi connectivity index (χ2n) is 6.17. The first-order valence-corrected chi connectivity index (χ1v) is 7.64. The molecule has 0 aliphatic heterocycles. The molecule has 0 unspecified atom stereocenters. The third-order valence-corrected chi connectivity index (χ3v) is 4.19. The zero-order chi connectivity index (χ0) is 17.3. The average molecular weight is 321 g/mol. The monoisotopic (exact) mass is 321 g/mol. The zero-order valence-electron chi connectivity index (χ0n) is 14.2. The molecule has 0 saturated carbocycles. The number of nitrogens with one attached hydrogen (secondary N) is 1. The standard InChI is InChI=1S/C15H23N5O3/c1-9(2)10(3)17-11(21)6-7-20-8-16-13-12(20)14(22)19(5)15(23)18(13)4/h8-10H,6-7H2,1-5H3,(H,17,21)/t10-/m0/s1. The van der Waals surface area contributed by atoms with Crippen LogP contribution in [0.15, 0.2) is 15.9 Å². The highest BCUT2D eigenvalue weighted by atomic mass is 16.2. The van der Waals surface area contributed by atoms with Crippen molar-refractivity contribution in [2.75, 3.05) is 0 Å². The summed E-state index contributed by atoms with van der Waals surface area (Å²) in [7, 11) is 3.00. The van der Waals surface area contributed by atoms with E-state index in [0.29, 0.717) is 23.6 Å². The van der Waals surface area contributed by atoms with E-state index in [1.807, 2.05) is 20.8 Å². The van der Waals surface area contributed by atoms with E-state index in [1.54, 1.807) is 11.6 Å². The summed E-state index contributed by atoms with van der Waals surface area (Å²) in [6, 6.07) is 0.0933. The Labute approximate surface area is 133 Å². The van der Waals surface area contributed by atoms with Crippen molar-refractivity contribution >= 4 is 17.1 Å². The van der Waals surface area contributed by atoms with Crippen LogP contribution in [0.5, 0.6) is 0 Å². The average Bonchev–Trinajstić information content (AvgIpc) is 2.92. The molecule has 8 nitrogen and oxygen atoms in total. The number of hydrogen-bond donors (Lipinski definition) is 1. The van der Waals surface area contributed by atoms with Gasteiger partial charge in [-0.25, -0.2) is 9.78 Å². The van der Waals surface area contributed by atoms with Gasteiger partial charge in [0.05, 0.1) is 6.33 Å². The SMILES string of the molecule is CC(C)[C@H](C)NC(=O)CCn1cnc2c1c(=O)n(C)c(=O)n2C. The lowest BCUT2D eigenvalue weighted by atomic mass is 10.1. The third-order valence-electron chi connectivity index (χ3n) is 4.19. The molecule has 1 N–H and O–H groups in total. The number of carbonyl (C=O) groups is 1. The molecule has 0 saturated heterocycles. The molecule has 8 heteroatoms. The van der Waals surface area contributed by atoms with Crippen molar-refractivity contribution in [3.63, 3.8) is 0 Å². The molecule has 2 aromatic rings. The number of aryl methyl sites for hydroxylation is 2. The summed E-state index contributed by atoms with van der Waals surface area (Å²) in [5.74, 6) is 0.282. The van der Waals surface area contributed by atoms with Crippen molar-refractivity contribution in [2.24, 2.45) is 20.0 Å². The van der Waals surface area contributed by atoms with Gasteiger partial charge in [-0.1, -0.05) is 13.8 Å². The number of carbonyl (C=O) groups excluding carboxylic acids is 1. The maximum Gasteiger partial charge on any atom is 0.332 e. The van der Waals surface area contributed by atoms with Crippen LogP contribution in [-0.4, -0.2) is 30.6 Å². The molecule has 2 aromatic heterocycles. The maximum atomic E-state index is 12.3. The summed E-state index contributed by atoms with van der Waals surface area (Å²) in [6.07, 6.45) is 1.74. The summed E-state index contributed by atoms with van der Waals surface area (Å²) in [6.45, 7) is 6.37.